The third-order valence-electron chi connectivity index (χ3n) is 6.21. The monoisotopic (exact) mass is 557 g/mol. The maximum atomic E-state index is 13.6. The minimum Gasteiger partial charge on any atom is -0.395 e. The first kappa shape index (κ1) is 32.3. The molecule has 2 aromatic rings. The smallest absolute Gasteiger partial charge is 0.248 e. The third kappa shape index (κ3) is 11.0. The summed E-state index contributed by atoms with van der Waals surface area (Å²) in [5, 5.41) is 21.0. The van der Waals surface area contributed by atoms with Gasteiger partial charge in [0, 0.05) is 43.7 Å². The Kier molecular flexibility index (Phi) is 14.2. The number of hydrogen-bond donors (Lipinski definition) is 4. The third-order valence-corrected chi connectivity index (χ3v) is 6.21. The lowest BCUT2D eigenvalue weighted by Gasteiger charge is -2.28. The number of hydrogen-bond acceptors (Lipinski definition) is 5. The number of hydroxylamine groups is 1. The van der Waals surface area contributed by atoms with Crippen LogP contribution in [0.4, 0.5) is 8.78 Å². The van der Waals surface area contributed by atoms with Crippen molar-refractivity contribution < 1.29 is 28.7 Å². The molecule has 0 unspecified atom stereocenters. The molecule has 0 aliphatic heterocycles. The van der Waals surface area contributed by atoms with E-state index in [9.17, 15) is 23.5 Å². The molecule has 0 aliphatic rings. The van der Waals surface area contributed by atoms with Crippen molar-refractivity contribution in [1.82, 2.24) is 15.7 Å². The number of guanidine groups is 1. The van der Waals surface area contributed by atoms with Gasteiger partial charge in [0.1, 0.15) is 11.6 Å². The number of carbonyl (C=O) groups is 2. The molecule has 2 rings (SSSR count). The fourth-order valence-corrected chi connectivity index (χ4v) is 4.00. The number of aliphatic hydroxyl groups is 1. The van der Waals surface area contributed by atoms with Crippen LogP contribution in [-0.2, 0) is 9.59 Å². The molecule has 9 nitrogen and oxygen atoms in total. The van der Waals surface area contributed by atoms with E-state index in [1.54, 1.807) is 41.6 Å². The second-order valence-corrected chi connectivity index (χ2v) is 9.18. The number of nitrogens with one attached hydrogen (secondary N) is 2. The SMILES string of the molecule is C=N/C(=N\C=C(/C)C(=O)NCCCCCCC(=O)NO)N(CCO)CC(c1ccc(F)cc1)c1ccc(F)cc1. The minimum atomic E-state index is -0.415. The first-order chi connectivity index (χ1) is 19.3. The van der Waals surface area contributed by atoms with Crippen molar-refractivity contribution in [2.24, 2.45) is 9.98 Å². The average molecular weight is 558 g/mol. The number of benzene rings is 2. The fraction of sp³-hybridized carbons (Fsp3) is 0.379. The van der Waals surface area contributed by atoms with Gasteiger partial charge in [-0.3, -0.25) is 14.8 Å². The molecule has 0 fully saturated rings. The molecule has 11 heteroatoms. The largest absolute Gasteiger partial charge is 0.395 e. The molecular weight excluding hydrogens is 520 g/mol. The second kappa shape index (κ2) is 17.6. The number of nitrogens with zero attached hydrogens (tertiary/aromatic N) is 3. The minimum absolute atomic E-state index is 0.162. The van der Waals surface area contributed by atoms with Crippen molar-refractivity contribution in [3.63, 3.8) is 0 Å². The van der Waals surface area contributed by atoms with Crippen molar-refractivity contribution in [3.8, 4) is 0 Å². The summed E-state index contributed by atoms with van der Waals surface area (Å²) < 4.78 is 27.2. The number of halogens is 2. The van der Waals surface area contributed by atoms with Crippen LogP contribution in [0.25, 0.3) is 0 Å². The van der Waals surface area contributed by atoms with E-state index in [1.165, 1.54) is 30.5 Å². The summed E-state index contributed by atoms with van der Waals surface area (Å²) in [4.78, 5) is 33.5. The summed E-state index contributed by atoms with van der Waals surface area (Å²) in [6, 6.07) is 12.0. The van der Waals surface area contributed by atoms with E-state index < -0.39 is 5.91 Å². The fourth-order valence-electron chi connectivity index (χ4n) is 4.00. The summed E-state index contributed by atoms with van der Waals surface area (Å²) in [6.45, 7) is 5.89. The Morgan fingerprint density at radius 1 is 1.00 bits per heavy atom. The van der Waals surface area contributed by atoms with Crippen LogP contribution in [0.5, 0.6) is 0 Å². The molecule has 2 aromatic carbocycles. The summed E-state index contributed by atoms with van der Waals surface area (Å²) in [5.74, 6) is -1.61. The van der Waals surface area contributed by atoms with Crippen LogP contribution in [0.15, 0.2) is 70.3 Å². The van der Waals surface area contributed by atoms with E-state index in [1.807, 2.05) is 0 Å². The van der Waals surface area contributed by atoms with Crippen LogP contribution >= 0.6 is 0 Å². The van der Waals surface area contributed by atoms with Gasteiger partial charge in [0.15, 0.2) is 0 Å². The lowest BCUT2D eigenvalue weighted by molar-refractivity contribution is -0.129. The molecule has 0 bridgehead atoms. The molecule has 4 N–H and O–H groups in total. The summed E-state index contributed by atoms with van der Waals surface area (Å²) in [6.07, 6.45) is 4.64. The van der Waals surface area contributed by atoms with Crippen LogP contribution in [0, 0.1) is 11.6 Å². The van der Waals surface area contributed by atoms with E-state index in [0.29, 0.717) is 18.5 Å². The van der Waals surface area contributed by atoms with Gasteiger partial charge in [0.05, 0.1) is 6.61 Å². The topological polar surface area (TPSA) is 127 Å². The zero-order valence-corrected chi connectivity index (χ0v) is 22.7. The van der Waals surface area contributed by atoms with Gasteiger partial charge in [-0.15, -0.1) is 0 Å². The van der Waals surface area contributed by atoms with Crippen LogP contribution in [0.3, 0.4) is 0 Å². The molecule has 0 atom stereocenters. The van der Waals surface area contributed by atoms with Gasteiger partial charge in [-0.05, 0) is 61.9 Å². The van der Waals surface area contributed by atoms with Crippen LogP contribution in [0.2, 0.25) is 0 Å². The number of carbonyl (C=O) groups excluding carboxylic acids is 2. The average Bonchev–Trinajstić information content (AvgIpc) is 2.96. The summed E-state index contributed by atoms with van der Waals surface area (Å²) in [7, 11) is 0. The Hall–Kier alpha value is -3.96. The lowest BCUT2D eigenvalue weighted by Crippen LogP contribution is -2.36. The van der Waals surface area contributed by atoms with E-state index in [-0.39, 0.29) is 55.5 Å². The maximum Gasteiger partial charge on any atom is 0.248 e. The molecule has 0 spiro atoms. The number of rotatable bonds is 15. The second-order valence-electron chi connectivity index (χ2n) is 9.18. The van der Waals surface area contributed by atoms with Crippen molar-refractivity contribution in [3.05, 3.63) is 83.1 Å². The van der Waals surface area contributed by atoms with Gasteiger partial charge >= 0.3 is 0 Å². The molecule has 2 amide bonds. The molecular formula is C29H37F2N5O4. The zero-order valence-electron chi connectivity index (χ0n) is 22.7. The Labute approximate surface area is 233 Å². The van der Waals surface area contributed by atoms with Crippen molar-refractivity contribution in [2.75, 3.05) is 26.2 Å². The number of amides is 2. The van der Waals surface area contributed by atoms with E-state index in [4.69, 9.17) is 5.21 Å². The van der Waals surface area contributed by atoms with Gasteiger partial charge < -0.3 is 15.3 Å². The van der Waals surface area contributed by atoms with E-state index in [2.05, 4.69) is 22.0 Å². The van der Waals surface area contributed by atoms with Crippen LogP contribution < -0.4 is 10.8 Å². The lowest BCUT2D eigenvalue weighted by atomic mass is 9.90. The highest BCUT2D eigenvalue weighted by atomic mass is 19.1. The molecule has 40 heavy (non-hydrogen) atoms. The zero-order chi connectivity index (χ0) is 29.3. The maximum absolute atomic E-state index is 13.6. The highest BCUT2D eigenvalue weighted by molar-refractivity contribution is 5.93. The number of unbranched alkanes of at least 4 members (excludes halogenated alkanes) is 3. The molecule has 0 aliphatic carbocycles. The Morgan fingerprint density at radius 2 is 1.57 bits per heavy atom. The predicted molar refractivity (Wildman–Crippen MR) is 150 cm³/mol. The van der Waals surface area contributed by atoms with Crippen LogP contribution in [-0.4, -0.2) is 65.9 Å². The van der Waals surface area contributed by atoms with Crippen molar-refractivity contribution >= 4 is 24.5 Å². The quantitative estimate of drug-likeness (QED) is 0.0660. The number of aliphatic hydroxyl groups excluding tert-OH is 1. The molecule has 0 radical (unpaired) electrons. The van der Waals surface area contributed by atoms with Crippen molar-refractivity contribution in [1.29, 1.82) is 0 Å². The Balaban J connectivity index is 2.09. The van der Waals surface area contributed by atoms with Gasteiger partial charge in [0.2, 0.25) is 17.8 Å². The molecule has 0 saturated carbocycles. The van der Waals surface area contributed by atoms with E-state index >= 15 is 0 Å². The summed E-state index contributed by atoms with van der Waals surface area (Å²) in [5.41, 5.74) is 3.50. The van der Waals surface area contributed by atoms with Gasteiger partial charge in [-0.25, -0.2) is 24.2 Å². The Morgan fingerprint density at radius 3 is 2.10 bits per heavy atom. The van der Waals surface area contributed by atoms with Gasteiger partial charge in [-0.1, -0.05) is 37.1 Å². The van der Waals surface area contributed by atoms with Crippen molar-refractivity contribution in [2.45, 2.75) is 44.9 Å². The van der Waals surface area contributed by atoms with Gasteiger partial charge in [-0.2, -0.15) is 0 Å². The normalized spacial score (nSPS) is 11.8. The molecule has 0 heterocycles. The molecule has 0 saturated heterocycles. The predicted octanol–water partition coefficient (Wildman–Crippen LogP) is 3.92. The van der Waals surface area contributed by atoms with E-state index in [0.717, 1.165) is 30.4 Å². The highest BCUT2D eigenvalue weighted by Crippen LogP contribution is 2.27. The first-order valence-electron chi connectivity index (χ1n) is 13.1. The molecule has 0 aromatic heterocycles. The Bertz CT molecular complexity index is 1110. The number of aliphatic imine (C=N–C) groups is 2. The summed E-state index contributed by atoms with van der Waals surface area (Å²) >= 11 is 0. The van der Waals surface area contributed by atoms with Gasteiger partial charge in [0.25, 0.3) is 0 Å². The standard InChI is InChI=1S/C29H37F2N5O4/c1-21(28(39)33-16-6-4-3-5-7-27(38)35-40)19-34-29(32-2)36(17-18-37)20-26(22-8-12-24(30)13-9-22)23-10-14-25(31)15-11-23/h8-15,19,26,37,40H,2-7,16-18,20H2,1H3,(H,33,39)(H,35,38)/b21-19+,34-29+. The highest BCUT2D eigenvalue weighted by Gasteiger charge is 2.21. The molecule has 216 valence electrons. The first-order valence-corrected chi connectivity index (χ1v) is 13.1. The van der Waals surface area contributed by atoms with Crippen LogP contribution in [0.1, 0.15) is 56.1 Å².